The van der Waals surface area contributed by atoms with Gasteiger partial charge in [0, 0.05) is 0 Å². The van der Waals surface area contributed by atoms with E-state index in [1.165, 1.54) is 17.3 Å². The lowest BCUT2D eigenvalue weighted by atomic mass is 10.0. The molecule has 172 valence electrons. The molecule has 1 N–H and O–H groups in total. The lowest BCUT2D eigenvalue weighted by Crippen LogP contribution is -2.24. The van der Waals surface area contributed by atoms with Crippen molar-refractivity contribution >= 4 is 34.8 Å². The molecule has 0 fully saturated rings. The molecule has 0 aliphatic rings. The van der Waals surface area contributed by atoms with Gasteiger partial charge in [0.1, 0.15) is 0 Å². The Balaban J connectivity index is 1.52. The summed E-state index contributed by atoms with van der Waals surface area (Å²) in [5, 5.41) is 5.06. The summed E-state index contributed by atoms with van der Waals surface area (Å²) < 4.78 is 1.58. The molecule has 1 heterocycles. The Morgan fingerprint density at radius 3 is 2.50 bits per heavy atom. The van der Waals surface area contributed by atoms with Gasteiger partial charge in [-0.15, -0.1) is 0 Å². The molecular weight excluding hydrogens is 444 g/mol. The van der Waals surface area contributed by atoms with Crippen LogP contribution in [0.3, 0.4) is 0 Å². The van der Waals surface area contributed by atoms with Crippen molar-refractivity contribution < 1.29 is 4.79 Å². The largest absolute Gasteiger partial charge is 0.272 e. The average Bonchev–Trinajstić information content (AvgIpc) is 2.84. The molecule has 0 aliphatic heterocycles. The molecule has 0 aliphatic carbocycles. The smallest absolute Gasteiger partial charge is 0.266 e. The van der Waals surface area contributed by atoms with Crippen LogP contribution in [-0.4, -0.2) is 27.4 Å². The molecule has 34 heavy (non-hydrogen) atoms. The van der Waals surface area contributed by atoms with E-state index in [4.69, 9.17) is 0 Å². The summed E-state index contributed by atoms with van der Waals surface area (Å²) >= 11 is 1.21. The third kappa shape index (κ3) is 5.26. The highest BCUT2D eigenvalue weighted by molar-refractivity contribution is 7.99. The lowest BCUT2D eigenvalue weighted by molar-refractivity contribution is -0.118. The second kappa shape index (κ2) is 10.5. The number of carbonyl (C=O) groups excluding carboxylic acids is 1. The van der Waals surface area contributed by atoms with Crippen LogP contribution in [0.1, 0.15) is 36.5 Å². The van der Waals surface area contributed by atoms with Gasteiger partial charge < -0.3 is 0 Å². The van der Waals surface area contributed by atoms with Gasteiger partial charge in [-0.25, -0.2) is 10.4 Å². The number of aryl methyl sites for hydroxylation is 1. The molecule has 0 radical (unpaired) electrons. The molecule has 7 heteroatoms. The fraction of sp³-hybridized carbons (Fsp3) is 0.185. The van der Waals surface area contributed by atoms with E-state index in [-0.39, 0.29) is 17.2 Å². The van der Waals surface area contributed by atoms with Gasteiger partial charge in [0.05, 0.1) is 28.6 Å². The summed E-state index contributed by atoms with van der Waals surface area (Å²) in [6.45, 7) is 6.23. The Kier molecular flexibility index (Phi) is 7.23. The number of para-hydroxylation sites is 2. The number of hydrogen-bond acceptors (Lipinski definition) is 5. The van der Waals surface area contributed by atoms with Gasteiger partial charge in [0.25, 0.3) is 11.5 Å². The number of thioether (sulfide) groups is 1. The van der Waals surface area contributed by atoms with E-state index in [1.807, 2.05) is 55.5 Å². The maximum atomic E-state index is 13.3. The molecule has 0 saturated heterocycles. The van der Waals surface area contributed by atoms with Gasteiger partial charge in [-0.3, -0.25) is 14.2 Å². The summed E-state index contributed by atoms with van der Waals surface area (Å²) in [5.74, 6) is 0.252. The first kappa shape index (κ1) is 23.4. The molecule has 1 aromatic heterocycles. The summed E-state index contributed by atoms with van der Waals surface area (Å²) in [6, 6.07) is 22.9. The third-order valence-corrected chi connectivity index (χ3v) is 6.38. The number of rotatable bonds is 7. The summed E-state index contributed by atoms with van der Waals surface area (Å²) in [5.41, 5.74) is 6.84. The summed E-state index contributed by atoms with van der Waals surface area (Å²) in [7, 11) is 0. The van der Waals surface area contributed by atoms with E-state index in [1.54, 1.807) is 22.9 Å². The molecule has 6 nitrogen and oxygen atoms in total. The molecule has 4 aromatic rings. The molecule has 3 aromatic carbocycles. The van der Waals surface area contributed by atoms with Crippen molar-refractivity contribution in [2.75, 3.05) is 5.75 Å². The normalized spacial score (nSPS) is 11.4. The highest BCUT2D eigenvalue weighted by Gasteiger charge is 2.15. The van der Waals surface area contributed by atoms with Crippen molar-refractivity contribution in [3.63, 3.8) is 0 Å². The summed E-state index contributed by atoms with van der Waals surface area (Å²) in [4.78, 5) is 30.5. The van der Waals surface area contributed by atoms with E-state index in [0.717, 1.165) is 16.8 Å². The van der Waals surface area contributed by atoms with Crippen LogP contribution >= 0.6 is 11.8 Å². The Bertz CT molecular complexity index is 1410. The number of fused-ring (bicyclic) bond motifs is 1. The zero-order valence-corrected chi connectivity index (χ0v) is 20.2. The number of nitrogens with one attached hydrogen (secondary N) is 1. The summed E-state index contributed by atoms with van der Waals surface area (Å²) in [6.07, 6.45) is 1.62. The predicted molar refractivity (Wildman–Crippen MR) is 139 cm³/mol. The minimum Gasteiger partial charge on any atom is -0.272 e. The number of amides is 1. The molecule has 0 saturated carbocycles. The van der Waals surface area contributed by atoms with E-state index in [0.29, 0.717) is 22.0 Å². The Labute approximate surface area is 202 Å². The molecule has 0 spiro atoms. The van der Waals surface area contributed by atoms with Crippen LogP contribution in [0.25, 0.3) is 16.6 Å². The molecule has 1 amide bonds. The van der Waals surface area contributed by atoms with E-state index < -0.39 is 0 Å². The number of nitrogens with zero attached hydrogens (tertiary/aromatic N) is 3. The van der Waals surface area contributed by atoms with Gasteiger partial charge >= 0.3 is 0 Å². The Morgan fingerprint density at radius 1 is 1.06 bits per heavy atom. The fourth-order valence-electron chi connectivity index (χ4n) is 3.54. The fourth-order valence-corrected chi connectivity index (χ4v) is 4.34. The van der Waals surface area contributed by atoms with Crippen LogP contribution in [0.15, 0.2) is 87.8 Å². The predicted octanol–water partition coefficient (Wildman–Crippen LogP) is 5.06. The van der Waals surface area contributed by atoms with Crippen molar-refractivity contribution in [1.82, 2.24) is 15.0 Å². The quantitative estimate of drug-likeness (QED) is 0.177. The van der Waals surface area contributed by atoms with Crippen LogP contribution in [-0.2, 0) is 4.79 Å². The molecule has 0 bridgehead atoms. The van der Waals surface area contributed by atoms with Gasteiger partial charge in [0.2, 0.25) is 0 Å². The van der Waals surface area contributed by atoms with E-state index in [2.05, 4.69) is 41.5 Å². The highest BCUT2D eigenvalue weighted by Crippen LogP contribution is 2.23. The average molecular weight is 471 g/mol. The SMILES string of the molecule is Cc1ccccc1-n1c(SCC(=O)N/N=C/c2ccc(C(C)C)cc2)nc2ccccc2c1=O. The first-order chi connectivity index (χ1) is 16.4. The zero-order valence-electron chi connectivity index (χ0n) is 19.4. The minimum atomic E-state index is -0.279. The second-order valence-electron chi connectivity index (χ2n) is 8.24. The van der Waals surface area contributed by atoms with Crippen LogP contribution < -0.4 is 11.0 Å². The first-order valence-corrected chi connectivity index (χ1v) is 12.0. The van der Waals surface area contributed by atoms with Crippen molar-refractivity contribution in [3.8, 4) is 5.69 Å². The van der Waals surface area contributed by atoms with Crippen molar-refractivity contribution in [1.29, 1.82) is 0 Å². The maximum Gasteiger partial charge on any atom is 0.266 e. The molecule has 4 rings (SSSR count). The molecule has 0 unspecified atom stereocenters. The third-order valence-electron chi connectivity index (χ3n) is 5.44. The molecule has 0 atom stereocenters. The molecular formula is C27H26N4O2S. The minimum absolute atomic E-state index is 0.0697. The van der Waals surface area contributed by atoms with E-state index >= 15 is 0 Å². The van der Waals surface area contributed by atoms with Crippen molar-refractivity contribution in [2.45, 2.75) is 31.8 Å². The number of carbonyl (C=O) groups is 1. The van der Waals surface area contributed by atoms with Crippen molar-refractivity contribution in [3.05, 3.63) is 99.8 Å². The number of benzene rings is 3. The lowest BCUT2D eigenvalue weighted by Gasteiger charge is -2.14. The van der Waals surface area contributed by atoms with Crippen LogP contribution in [0.5, 0.6) is 0 Å². The zero-order chi connectivity index (χ0) is 24.1. The van der Waals surface area contributed by atoms with Crippen LogP contribution in [0, 0.1) is 6.92 Å². The monoisotopic (exact) mass is 470 g/mol. The van der Waals surface area contributed by atoms with Gasteiger partial charge in [-0.1, -0.05) is 80.2 Å². The van der Waals surface area contributed by atoms with Gasteiger partial charge in [0.15, 0.2) is 5.16 Å². The number of aromatic nitrogens is 2. The Hall–Kier alpha value is -3.71. The number of hydrazone groups is 1. The standard InChI is InChI=1S/C27H26N4O2S/c1-18(2)21-14-12-20(13-15-21)16-28-30-25(32)17-34-27-29-23-10-6-5-9-22(23)26(33)31(27)24-11-7-4-8-19(24)3/h4-16,18H,17H2,1-3H3,(H,30,32)/b28-16+. The van der Waals surface area contributed by atoms with E-state index in [9.17, 15) is 9.59 Å². The first-order valence-electron chi connectivity index (χ1n) is 11.1. The maximum absolute atomic E-state index is 13.3. The number of hydrogen-bond donors (Lipinski definition) is 1. The second-order valence-corrected chi connectivity index (χ2v) is 9.18. The van der Waals surface area contributed by atoms with Gasteiger partial charge in [-0.2, -0.15) is 5.10 Å². The van der Waals surface area contributed by atoms with Crippen molar-refractivity contribution in [2.24, 2.45) is 5.10 Å². The van der Waals surface area contributed by atoms with Crippen LogP contribution in [0.4, 0.5) is 0 Å². The Morgan fingerprint density at radius 2 is 1.76 bits per heavy atom. The van der Waals surface area contributed by atoms with Gasteiger partial charge in [-0.05, 0) is 47.7 Å². The topological polar surface area (TPSA) is 76.3 Å². The van der Waals surface area contributed by atoms with Crippen LogP contribution in [0.2, 0.25) is 0 Å². The highest BCUT2D eigenvalue weighted by atomic mass is 32.2.